The number of hydrogen-bond donors (Lipinski definition) is 0. The van der Waals surface area contributed by atoms with Crippen molar-refractivity contribution in [2.45, 2.75) is 6.61 Å². The van der Waals surface area contributed by atoms with Gasteiger partial charge in [-0.15, -0.1) is 0 Å². The van der Waals surface area contributed by atoms with Gasteiger partial charge in [0.15, 0.2) is 0 Å². The van der Waals surface area contributed by atoms with Gasteiger partial charge in [-0.2, -0.15) is 0 Å². The first-order valence-corrected chi connectivity index (χ1v) is 12.4. The molecule has 0 radical (unpaired) electrons. The van der Waals surface area contributed by atoms with Crippen molar-refractivity contribution in [1.29, 1.82) is 0 Å². The van der Waals surface area contributed by atoms with E-state index in [1.54, 1.807) is 0 Å². The Morgan fingerprint density at radius 2 is 0.968 bits per heavy atom. The second-order valence-electron chi connectivity index (χ2n) is 6.62. The lowest BCUT2D eigenvalue weighted by atomic mass is 10.2. The molecule has 4 heteroatoms. The van der Waals surface area contributed by atoms with Crippen LogP contribution in [0.15, 0.2) is 121 Å². The van der Waals surface area contributed by atoms with Crippen molar-refractivity contribution in [2.75, 3.05) is 5.33 Å². The molecule has 0 aliphatic heterocycles. The highest BCUT2D eigenvalue weighted by molar-refractivity contribution is 9.09. The number of halogens is 1. The molecule has 0 unspecified atom stereocenters. The van der Waals surface area contributed by atoms with Crippen molar-refractivity contribution in [2.24, 2.45) is 0 Å². The minimum absolute atomic E-state index is 0.237. The SMILES string of the molecule is O=C(CBr)OCc1ccccc1.c1ccc(P(c2ccccc2)c2ccccc2)cc1. The molecule has 0 amide bonds. The third kappa shape index (κ3) is 7.47. The number of esters is 1. The average Bonchev–Trinajstić information content (AvgIpc) is 2.86. The molecule has 4 aromatic rings. The monoisotopic (exact) mass is 490 g/mol. The fourth-order valence-corrected chi connectivity index (χ4v) is 5.42. The lowest BCUT2D eigenvalue weighted by Crippen LogP contribution is -2.20. The molecule has 156 valence electrons. The summed E-state index contributed by atoms with van der Waals surface area (Å²) < 4.78 is 4.89. The van der Waals surface area contributed by atoms with Gasteiger partial charge in [-0.1, -0.05) is 137 Å². The molecule has 4 rings (SSSR count). The van der Waals surface area contributed by atoms with Gasteiger partial charge in [0.05, 0.1) is 0 Å². The molecule has 0 bridgehead atoms. The summed E-state index contributed by atoms with van der Waals surface area (Å²) in [6.45, 7) is 0.352. The molecule has 0 spiro atoms. The molecule has 0 heterocycles. The van der Waals surface area contributed by atoms with Gasteiger partial charge in [-0.25, -0.2) is 0 Å². The lowest BCUT2D eigenvalue weighted by Gasteiger charge is -2.18. The van der Waals surface area contributed by atoms with E-state index in [2.05, 4.69) is 107 Å². The summed E-state index contributed by atoms with van der Waals surface area (Å²) in [7, 11) is -0.446. The smallest absolute Gasteiger partial charge is 0.316 e. The van der Waals surface area contributed by atoms with Crippen LogP contribution in [-0.2, 0) is 16.1 Å². The predicted octanol–water partition coefficient (Wildman–Crippen LogP) is 5.57. The number of hydrogen-bond acceptors (Lipinski definition) is 2. The van der Waals surface area contributed by atoms with Crippen molar-refractivity contribution < 1.29 is 9.53 Å². The zero-order valence-electron chi connectivity index (χ0n) is 17.1. The highest BCUT2D eigenvalue weighted by atomic mass is 79.9. The van der Waals surface area contributed by atoms with E-state index >= 15 is 0 Å². The highest BCUT2D eigenvalue weighted by Crippen LogP contribution is 2.32. The maximum atomic E-state index is 10.7. The maximum absolute atomic E-state index is 10.7. The van der Waals surface area contributed by atoms with E-state index < -0.39 is 7.92 Å². The fourth-order valence-electron chi connectivity index (χ4n) is 2.96. The number of carbonyl (C=O) groups excluding carboxylic acids is 1. The molecule has 0 aromatic heterocycles. The number of benzene rings is 4. The van der Waals surface area contributed by atoms with E-state index in [0.29, 0.717) is 6.61 Å². The third-order valence-corrected chi connectivity index (χ3v) is 7.30. The molecule has 0 saturated heterocycles. The Bertz CT molecular complexity index is 932. The summed E-state index contributed by atoms with van der Waals surface area (Å²) in [6, 6.07) is 41.9. The van der Waals surface area contributed by atoms with Crippen molar-refractivity contribution in [3.05, 3.63) is 127 Å². The Kier molecular flexibility index (Phi) is 9.50. The van der Waals surface area contributed by atoms with Crippen LogP contribution in [0.1, 0.15) is 5.56 Å². The van der Waals surface area contributed by atoms with Crippen molar-refractivity contribution in [3.63, 3.8) is 0 Å². The Hall–Kier alpha value is -2.74. The summed E-state index contributed by atoms with van der Waals surface area (Å²) in [4.78, 5) is 10.7. The van der Waals surface area contributed by atoms with Gasteiger partial charge in [0.1, 0.15) is 11.9 Å². The molecule has 0 fully saturated rings. The minimum atomic E-state index is -0.446. The van der Waals surface area contributed by atoms with Crippen LogP contribution in [0.3, 0.4) is 0 Å². The van der Waals surface area contributed by atoms with Gasteiger partial charge in [0.2, 0.25) is 0 Å². The molecule has 0 aliphatic rings. The van der Waals surface area contributed by atoms with E-state index in [1.165, 1.54) is 15.9 Å². The van der Waals surface area contributed by atoms with Gasteiger partial charge in [-0.05, 0) is 29.4 Å². The van der Waals surface area contributed by atoms with Gasteiger partial charge in [0.25, 0.3) is 0 Å². The number of carbonyl (C=O) groups is 1. The quantitative estimate of drug-likeness (QED) is 0.200. The average molecular weight is 491 g/mol. The molecule has 0 N–H and O–H groups in total. The van der Waals surface area contributed by atoms with Crippen molar-refractivity contribution in [3.8, 4) is 0 Å². The van der Waals surface area contributed by atoms with E-state index in [1.807, 2.05) is 30.3 Å². The Morgan fingerprint density at radius 3 is 1.32 bits per heavy atom. The van der Waals surface area contributed by atoms with Gasteiger partial charge >= 0.3 is 5.97 Å². The topological polar surface area (TPSA) is 26.3 Å². The summed E-state index contributed by atoms with van der Waals surface area (Å²) in [5.41, 5.74) is 1.01. The van der Waals surface area contributed by atoms with Crippen molar-refractivity contribution in [1.82, 2.24) is 0 Å². The van der Waals surface area contributed by atoms with E-state index in [0.717, 1.165) is 5.56 Å². The van der Waals surface area contributed by atoms with Crippen LogP contribution >= 0.6 is 23.9 Å². The standard InChI is InChI=1S/C18H15P.C9H9BrO2/c1-4-10-16(11-5-1)19(17-12-6-2-7-13-17)18-14-8-3-9-15-18;10-6-9(11)12-7-8-4-2-1-3-5-8/h1-15H;1-5H,6-7H2. The zero-order chi connectivity index (χ0) is 21.7. The van der Waals surface area contributed by atoms with Crippen LogP contribution in [0.4, 0.5) is 0 Å². The first kappa shape index (κ1) is 22.9. The van der Waals surface area contributed by atoms with Gasteiger partial charge in [0, 0.05) is 0 Å². The summed E-state index contributed by atoms with van der Waals surface area (Å²) in [5, 5.41) is 4.44. The molecule has 0 saturated carbocycles. The van der Waals surface area contributed by atoms with E-state index in [9.17, 15) is 4.79 Å². The van der Waals surface area contributed by atoms with Gasteiger partial charge in [-0.3, -0.25) is 4.79 Å². The predicted molar refractivity (Wildman–Crippen MR) is 135 cm³/mol. The summed E-state index contributed by atoms with van der Waals surface area (Å²) >= 11 is 3.01. The van der Waals surface area contributed by atoms with Crippen LogP contribution in [0.25, 0.3) is 0 Å². The van der Waals surface area contributed by atoms with Crippen molar-refractivity contribution >= 4 is 45.7 Å². The largest absolute Gasteiger partial charge is 0.460 e. The second-order valence-corrected chi connectivity index (χ2v) is 9.40. The van der Waals surface area contributed by atoms with E-state index in [-0.39, 0.29) is 11.3 Å². The normalized spacial score (nSPS) is 10.1. The first-order chi connectivity index (χ1) is 15.3. The molecular formula is C27H24BrO2P. The molecule has 0 aliphatic carbocycles. The van der Waals surface area contributed by atoms with Crippen LogP contribution < -0.4 is 15.9 Å². The minimum Gasteiger partial charge on any atom is -0.460 e. The summed E-state index contributed by atoms with van der Waals surface area (Å²) in [6.07, 6.45) is 0. The summed E-state index contributed by atoms with van der Waals surface area (Å²) in [5.74, 6) is -0.237. The first-order valence-electron chi connectivity index (χ1n) is 9.98. The van der Waals surface area contributed by atoms with Crippen LogP contribution in [0.2, 0.25) is 0 Å². The molecular weight excluding hydrogens is 467 g/mol. The highest BCUT2D eigenvalue weighted by Gasteiger charge is 2.14. The number of rotatable bonds is 6. The lowest BCUT2D eigenvalue weighted by molar-refractivity contribution is -0.141. The Labute approximate surface area is 193 Å². The number of alkyl halides is 1. The maximum Gasteiger partial charge on any atom is 0.316 e. The zero-order valence-corrected chi connectivity index (χ0v) is 19.6. The van der Waals surface area contributed by atoms with Gasteiger partial charge < -0.3 is 4.74 Å². The number of ether oxygens (including phenoxy) is 1. The van der Waals surface area contributed by atoms with Crippen LogP contribution in [-0.4, -0.2) is 11.3 Å². The fraction of sp³-hybridized carbons (Fsp3) is 0.0741. The third-order valence-electron chi connectivity index (χ3n) is 4.39. The van der Waals surface area contributed by atoms with Crippen LogP contribution in [0.5, 0.6) is 0 Å². The van der Waals surface area contributed by atoms with E-state index in [4.69, 9.17) is 4.74 Å². The molecule has 2 nitrogen and oxygen atoms in total. The Morgan fingerprint density at radius 1 is 0.613 bits per heavy atom. The molecule has 4 aromatic carbocycles. The second kappa shape index (κ2) is 12.8. The molecule has 0 atom stereocenters. The van der Waals surface area contributed by atoms with Crippen LogP contribution in [0, 0.1) is 0 Å². The molecule has 31 heavy (non-hydrogen) atoms. The Balaban J connectivity index is 0.000000196.